The van der Waals surface area contributed by atoms with Gasteiger partial charge in [0, 0.05) is 5.69 Å². The molecule has 24 heavy (non-hydrogen) atoms. The van der Waals surface area contributed by atoms with Crippen molar-refractivity contribution in [2.75, 3.05) is 11.9 Å². The summed E-state index contributed by atoms with van der Waals surface area (Å²) in [7, 11) is 0. The minimum atomic E-state index is -0.403. The van der Waals surface area contributed by atoms with Crippen molar-refractivity contribution >= 4 is 17.6 Å². The molecule has 1 saturated carbocycles. The van der Waals surface area contributed by atoms with E-state index in [-0.39, 0.29) is 11.9 Å². The van der Waals surface area contributed by atoms with Crippen molar-refractivity contribution in [3.8, 4) is 0 Å². The van der Waals surface area contributed by atoms with E-state index in [4.69, 9.17) is 4.74 Å². The molecule has 1 amide bonds. The lowest BCUT2D eigenvalue weighted by Crippen LogP contribution is -2.27. The Morgan fingerprint density at radius 2 is 1.71 bits per heavy atom. The number of amides is 1. The van der Waals surface area contributed by atoms with Gasteiger partial charge in [0.05, 0.1) is 17.6 Å². The van der Waals surface area contributed by atoms with Crippen molar-refractivity contribution in [3.05, 3.63) is 65.7 Å². The van der Waals surface area contributed by atoms with Crippen molar-refractivity contribution < 1.29 is 14.3 Å². The van der Waals surface area contributed by atoms with Gasteiger partial charge >= 0.3 is 5.97 Å². The molecule has 0 saturated heterocycles. The number of hydrogen-bond acceptors (Lipinski definition) is 3. The zero-order chi connectivity index (χ0) is 17.0. The van der Waals surface area contributed by atoms with E-state index in [0.29, 0.717) is 17.9 Å². The molecule has 1 N–H and O–H groups in total. The van der Waals surface area contributed by atoms with E-state index in [1.807, 2.05) is 37.3 Å². The molecule has 1 aliphatic carbocycles. The highest BCUT2D eigenvalue weighted by molar-refractivity contribution is 6.01. The first-order valence-electron chi connectivity index (χ1n) is 8.30. The van der Waals surface area contributed by atoms with Gasteiger partial charge in [-0.25, -0.2) is 4.79 Å². The van der Waals surface area contributed by atoms with Crippen LogP contribution >= 0.6 is 0 Å². The van der Waals surface area contributed by atoms with Gasteiger partial charge in [-0.2, -0.15) is 0 Å². The number of anilines is 1. The number of benzene rings is 2. The first-order chi connectivity index (χ1) is 11.7. The third-order valence-corrected chi connectivity index (χ3v) is 4.33. The highest BCUT2D eigenvalue weighted by atomic mass is 16.5. The Morgan fingerprint density at radius 1 is 1.04 bits per heavy atom. The van der Waals surface area contributed by atoms with Crippen molar-refractivity contribution in [2.45, 2.75) is 31.6 Å². The van der Waals surface area contributed by atoms with Crippen LogP contribution in [0.1, 0.15) is 42.1 Å². The molecule has 3 rings (SSSR count). The molecular formula is C20H21NO3. The summed E-state index contributed by atoms with van der Waals surface area (Å²) in [5, 5.41) is 2.96. The lowest BCUT2D eigenvalue weighted by molar-refractivity contribution is -0.118. The van der Waals surface area contributed by atoms with Gasteiger partial charge in [0.15, 0.2) is 0 Å². The Morgan fingerprint density at radius 3 is 2.29 bits per heavy atom. The van der Waals surface area contributed by atoms with Crippen LogP contribution in [0.5, 0.6) is 0 Å². The molecule has 0 bridgehead atoms. The summed E-state index contributed by atoms with van der Waals surface area (Å²) < 4.78 is 5.09. The third-order valence-electron chi connectivity index (χ3n) is 4.33. The van der Waals surface area contributed by atoms with Crippen LogP contribution < -0.4 is 5.32 Å². The van der Waals surface area contributed by atoms with E-state index in [1.165, 1.54) is 0 Å². The van der Waals surface area contributed by atoms with Crippen LogP contribution in [0.3, 0.4) is 0 Å². The Balaban J connectivity index is 1.66. The monoisotopic (exact) mass is 323 g/mol. The number of rotatable bonds is 6. The molecule has 0 atom stereocenters. The molecule has 124 valence electrons. The summed E-state index contributed by atoms with van der Waals surface area (Å²) in [6.07, 6.45) is 2.52. The Labute approximate surface area is 141 Å². The number of esters is 1. The molecule has 1 fully saturated rings. The van der Waals surface area contributed by atoms with E-state index >= 15 is 0 Å². The largest absolute Gasteiger partial charge is 0.462 e. The van der Waals surface area contributed by atoms with Crippen LogP contribution in [-0.4, -0.2) is 18.5 Å². The predicted octanol–water partition coefficient (Wildman–Crippen LogP) is 3.92. The number of carbonyl (C=O) groups excluding carboxylic acids is 2. The normalized spacial score (nSPS) is 14.7. The zero-order valence-electron chi connectivity index (χ0n) is 13.7. The minimum Gasteiger partial charge on any atom is -0.462 e. The number of nitrogens with one attached hydrogen (secondary N) is 1. The summed E-state index contributed by atoms with van der Waals surface area (Å²) in [5.74, 6) is -0.326. The maximum atomic E-state index is 12.7. The van der Waals surface area contributed by atoms with Gasteiger partial charge in [-0.3, -0.25) is 4.79 Å². The second-order valence-corrected chi connectivity index (χ2v) is 6.12. The van der Waals surface area contributed by atoms with Crippen LogP contribution in [-0.2, 0) is 14.9 Å². The quantitative estimate of drug-likeness (QED) is 0.820. The summed E-state index contributed by atoms with van der Waals surface area (Å²) in [6.45, 7) is 2.36. The topological polar surface area (TPSA) is 55.4 Å². The zero-order valence-corrected chi connectivity index (χ0v) is 13.7. The smallest absolute Gasteiger partial charge is 0.338 e. The fourth-order valence-corrected chi connectivity index (χ4v) is 2.75. The molecule has 1 aliphatic rings. The average molecular weight is 323 g/mol. The molecular weight excluding hydrogens is 302 g/mol. The molecule has 0 unspecified atom stereocenters. The maximum Gasteiger partial charge on any atom is 0.338 e. The number of carbonyl (C=O) groups is 2. The van der Waals surface area contributed by atoms with Crippen molar-refractivity contribution in [2.24, 2.45) is 0 Å². The first-order valence-corrected chi connectivity index (χ1v) is 8.30. The van der Waals surface area contributed by atoms with Gasteiger partial charge in [-0.05, 0) is 49.1 Å². The molecule has 0 aromatic heterocycles. The molecule has 0 heterocycles. The Hall–Kier alpha value is -2.62. The average Bonchev–Trinajstić information content (AvgIpc) is 3.43. The highest BCUT2D eigenvalue weighted by Gasteiger charge is 2.51. The van der Waals surface area contributed by atoms with Gasteiger partial charge < -0.3 is 10.1 Å². The molecule has 0 aliphatic heterocycles. The van der Waals surface area contributed by atoms with Gasteiger partial charge in [-0.1, -0.05) is 37.3 Å². The van der Waals surface area contributed by atoms with E-state index in [9.17, 15) is 9.59 Å². The molecule has 2 aromatic carbocycles. The number of ether oxygens (including phenoxy) is 1. The lowest BCUT2D eigenvalue weighted by atomic mass is 9.95. The van der Waals surface area contributed by atoms with Gasteiger partial charge in [0.1, 0.15) is 0 Å². The molecule has 4 nitrogen and oxygen atoms in total. The fourth-order valence-electron chi connectivity index (χ4n) is 2.75. The highest BCUT2D eigenvalue weighted by Crippen LogP contribution is 2.48. The van der Waals surface area contributed by atoms with Gasteiger partial charge in [-0.15, -0.1) is 0 Å². The van der Waals surface area contributed by atoms with Crippen molar-refractivity contribution in [1.82, 2.24) is 0 Å². The van der Waals surface area contributed by atoms with Gasteiger partial charge in [0.25, 0.3) is 0 Å². The van der Waals surface area contributed by atoms with E-state index < -0.39 is 5.41 Å². The lowest BCUT2D eigenvalue weighted by Gasteiger charge is -2.16. The third kappa shape index (κ3) is 3.32. The second-order valence-electron chi connectivity index (χ2n) is 6.12. The van der Waals surface area contributed by atoms with Crippen molar-refractivity contribution in [3.63, 3.8) is 0 Å². The standard InChI is InChI=1S/C20H21NO3/c1-2-14-24-18(22)15-8-10-17(11-9-15)21-19(23)20(12-13-20)16-6-4-3-5-7-16/h3-11H,2,12-14H2,1H3,(H,21,23). The summed E-state index contributed by atoms with van der Waals surface area (Å²) >= 11 is 0. The van der Waals surface area contributed by atoms with Crippen LogP contribution in [0.25, 0.3) is 0 Å². The van der Waals surface area contributed by atoms with Crippen LogP contribution in [0.2, 0.25) is 0 Å². The summed E-state index contributed by atoms with van der Waals surface area (Å²) in [6, 6.07) is 16.7. The van der Waals surface area contributed by atoms with Crippen molar-refractivity contribution in [1.29, 1.82) is 0 Å². The number of hydrogen-bond donors (Lipinski definition) is 1. The summed E-state index contributed by atoms with van der Waals surface area (Å²) in [5.41, 5.74) is 1.84. The Bertz CT molecular complexity index is 718. The molecule has 0 radical (unpaired) electrons. The van der Waals surface area contributed by atoms with E-state index in [0.717, 1.165) is 24.8 Å². The van der Waals surface area contributed by atoms with Crippen LogP contribution in [0, 0.1) is 0 Å². The van der Waals surface area contributed by atoms with Gasteiger partial charge in [0.2, 0.25) is 5.91 Å². The SMILES string of the molecule is CCCOC(=O)c1ccc(NC(=O)C2(c3ccccc3)CC2)cc1. The predicted molar refractivity (Wildman–Crippen MR) is 93.0 cm³/mol. The molecule has 0 spiro atoms. The van der Waals surface area contributed by atoms with Crippen LogP contribution in [0.15, 0.2) is 54.6 Å². The first kappa shape index (κ1) is 16.2. The van der Waals surface area contributed by atoms with E-state index in [1.54, 1.807) is 24.3 Å². The van der Waals surface area contributed by atoms with Crippen LogP contribution in [0.4, 0.5) is 5.69 Å². The summed E-state index contributed by atoms with van der Waals surface area (Å²) in [4.78, 5) is 24.4. The second kappa shape index (κ2) is 6.87. The van der Waals surface area contributed by atoms with E-state index in [2.05, 4.69) is 5.32 Å². The molecule has 4 heteroatoms. The molecule has 2 aromatic rings. The fraction of sp³-hybridized carbons (Fsp3) is 0.300. The maximum absolute atomic E-state index is 12.7. The minimum absolute atomic E-state index is 0.00927. The Kier molecular flexibility index (Phi) is 4.65.